The summed E-state index contributed by atoms with van der Waals surface area (Å²) in [5.41, 5.74) is 0.333. The smallest absolute Gasteiger partial charge is 0.317 e. The molecule has 9 heteroatoms. The van der Waals surface area contributed by atoms with Gasteiger partial charge in [-0.3, -0.25) is 19.7 Å². The van der Waals surface area contributed by atoms with Crippen LogP contribution >= 0.6 is 15.9 Å². The normalized spacial score (nSPS) is 15.3. The van der Waals surface area contributed by atoms with E-state index in [0.29, 0.717) is 34.1 Å². The van der Waals surface area contributed by atoms with E-state index in [-0.39, 0.29) is 5.69 Å². The highest BCUT2D eigenvalue weighted by Crippen LogP contribution is 2.43. The Labute approximate surface area is 209 Å². The molecule has 0 aromatic heterocycles. The third kappa shape index (κ3) is 5.24. The molecule has 0 saturated heterocycles. The molecule has 0 spiro atoms. The van der Waals surface area contributed by atoms with Crippen LogP contribution in [0.15, 0.2) is 77.3 Å². The lowest BCUT2D eigenvalue weighted by atomic mass is 9.79. The van der Waals surface area contributed by atoms with Crippen molar-refractivity contribution in [1.82, 2.24) is 0 Å². The zero-order valence-electron chi connectivity index (χ0n) is 18.6. The van der Waals surface area contributed by atoms with Gasteiger partial charge in [0.15, 0.2) is 0 Å². The quantitative estimate of drug-likeness (QED) is 0.217. The Morgan fingerprint density at radius 3 is 2.29 bits per heavy atom. The van der Waals surface area contributed by atoms with Gasteiger partial charge in [0, 0.05) is 22.2 Å². The van der Waals surface area contributed by atoms with Crippen molar-refractivity contribution in [2.45, 2.75) is 37.2 Å². The third-order valence-electron chi connectivity index (χ3n) is 6.23. The molecule has 1 fully saturated rings. The van der Waals surface area contributed by atoms with E-state index in [0.717, 1.165) is 12.8 Å². The first-order valence-electron chi connectivity index (χ1n) is 11.1. The maximum absolute atomic E-state index is 13.6. The van der Waals surface area contributed by atoms with Crippen LogP contribution in [0.2, 0.25) is 0 Å². The summed E-state index contributed by atoms with van der Waals surface area (Å²) in [6.07, 6.45) is 1.43. The van der Waals surface area contributed by atoms with Crippen molar-refractivity contribution < 1.29 is 23.6 Å². The molecule has 1 aliphatic rings. The molecule has 35 heavy (non-hydrogen) atoms. The highest BCUT2D eigenvalue weighted by atomic mass is 79.9. The number of carbonyl (C=O) groups is 2. The molecular weight excluding hydrogens is 519 g/mol. The highest BCUT2D eigenvalue weighted by molar-refractivity contribution is 9.10. The van der Waals surface area contributed by atoms with Crippen LogP contribution in [0, 0.1) is 15.9 Å². The summed E-state index contributed by atoms with van der Waals surface area (Å²) in [5, 5.41) is 13.7. The van der Waals surface area contributed by atoms with Crippen molar-refractivity contribution in [2.75, 3.05) is 5.32 Å². The number of ether oxygens (including phenoxy) is 1. The number of carbonyl (C=O) groups excluding carboxylic acids is 2. The predicted molar refractivity (Wildman–Crippen MR) is 131 cm³/mol. The molecule has 3 aromatic rings. The van der Waals surface area contributed by atoms with Crippen molar-refractivity contribution in [3.05, 3.63) is 104 Å². The maximum atomic E-state index is 13.6. The Kier molecular flexibility index (Phi) is 7.25. The molecule has 1 saturated carbocycles. The Morgan fingerprint density at radius 1 is 1.03 bits per heavy atom. The number of esters is 1. The number of rotatable bonds is 7. The summed E-state index contributed by atoms with van der Waals surface area (Å²) in [6.45, 7) is 0. The van der Waals surface area contributed by atoms with E-state index in [2.05, 4.69) is 21.2 Å². The number of nitro benzene ring substituents is 1. The minimum Gasteiger partial charge on any atom is -0.447 e. The van der Waals surface area contributed by atoms with E-state index < -0.39 is 34.1 Å². The fraction of sp³-hybridized carbons (Fsp3) is 0.231. The Hall–Kier alpha value is -3.59. The van der Waals surface area contributed by atoms with Gasteiger partial charge in [0.1, 0.15) is 5.82 Å². The standard InChI is InChI=1S/C26H22BrFN2O5/c27-21-16-20(30(33)34)12-13-22(21)29-24(31)23(17-6-2-1-3-7-17)35-25(32)26(14-4-5-15-26)18-8-10-19(28)11-9-18/h1-3,6-13,16,23H,4-5,14-15H2,(H,29,31)/t23-/m0/s1. The molecule has 0 aliphatic heterocycles. The first-order valence-corrected chi connectivity index (χ1v) is 11.9. The van der Waals surface area contributed by atoms with Crippen LogP contribution in [0.3, 0.4) is 0 Å². The molecule has 180 valence electrons. The summed E-state index contributed by atoms with van der Waals surface area (Å²) in [7, 11) is 0. The second-order valence-corrected chi connectivity index (χ2v) is 9.26. The Balaban J connectivity index is 1.63. The second kappa shape index (κ2) is 10.4. The van der Waals surface area contributed by atoms with Crippen LogP contribution in [-0.2, 0) is 19.7 Å². The summed E-state index contributed by atoms with van der Waals surface area (Å²) in [4.78, 5) is 37.4. The van der Waals surface area contributed by atoms with Gasteiger partial charge in [0.2, 0.25) is 6.10 Å². The molecular formula is C26H22BrFN2O5. The van der Waals surface area contributed by atoms with Gasteiger partial charge in [0.25, 0.3) is 11.6 Å². The van der Waals surface area contributed by atoms with E-state index in [4.69, 9.17) is 4.74 Å². The van der Waals surface area contributed by atoms with Crippen molar-refractivity contribution in [3.8, 4) is 0 Å². The van der Waals surface area contributed by atoms with Gasteiger partial charge in [0.05, 0.1) is 16.0 Å². The number of nitrogens with zero attached hydrogens (tertiary/aromatic N) is 1. The fourth-order valence-corrected chi connectivity index (χ4v) is 4.86. The number of nitrogens with one attached hydrogen (secondary N) is 1. The van der Waals surface area contributed by atoms with Crippen LogP contribution in [0.5, 0.6) is 0 Å². The van der Waals surface area contributed by atoms with Crippen LogP contribution in [0.4, 0.5) is 15.8 Å². The first-order chi connectivity index (χ1) is 16.8. The minimum atomic E-state index is -1.26. The van der Waals surface area contributed by atoms with Gasteiger partial charge in [-0.05, 0) is 52.5 Å². The van der Waals surface area contributed by atoms with Gasteiger partial charge >= 0.3 is 5.97 Å². The van der Waals surface area contributed by atoms with Crippen molar-refractivity contribution in [1.29, 1.82) is 0 Å². The van der Waals surface area contributed by atoms with E-state index in [1.54, 1.807) is 42.5 Å². The third-order valence-corrected chi connectivity index (χ3v) is 6.89. The van der Waals surface area contributed by atoms with Crippen LogP contribution in [0.1, 0.15) is 42.9 Å². The monoisotopic (exact) mass is 540 g/mol. The number of non-ortho nitro benzene ring substituents is 1. The zero-order chi connectivity index (χ0) is 25.0. The minimum absolute atomic E-state index is 0.136. The summed E-state index contributed by atoms with van der Waals surface area (Å²) < 4.78 is 19.7. The molecule has 1 N–H and O–H groups in total. The molecule has 0 radical (unpaired) electrons. The number of amides is 1. The number of hydrogen-bond donors (Lipinski definition) is 1. The van der Waals surface area contributed by atoms with Crippen molar-refractivity contribution >= 4 is 39.2 Å². The van der Waals surface area contributed by atoms with Crippen LogP contribution in [-0.4, -0.2) is 16.8 Å². The molecule has 1 aliphatic carbocycles. The van der Waals surface area contributed by atoms with Gasteiger partial charge in [-0.1, -0.05) is 55.3 Å². The molecule has 1 atom stereocenters. The number of benzene rings is 3. The summed E-state index contributed by atoms with van der Waals surface area (Å²) in [6, 6.07) is 18.4. The topological polar surface area (TPSA) is 98.5 Å². The van der Waals surface area contributed by atoms with E-state index >= 15 is 0 Å². The van der Waals surface area contributed by atoms with Gasteiger partial charge < -0.3 is 10.1 Å². The van der Waals surface area contributed by atoms with Crippen LogP contribution < -0.4 is 5.32 Å². The first kappa shape index (κ1) is 24.5. The largest absolute Gasteiger partial charge is 0.447 e. The Bertz CT molecular complexity index is 1240. The predicted octanol–water partition coefficient (Wildman–Crippen LogP) is 6.23. The molecule has 0 bridgehead atoms. The van der Waals surface area contributed by atoms with Crippen molar-refractivity contribution in [2.24, 2.45) is 0 Å². The summed E-state index contributed by atoms with van der Waals surface area (Å²) >= 11 is 3.24. The number of nitro groups is 1. The van der Waals surface area contributed by atoms with E-state index in [9.17, 15) is 24.1 Å². The highest BCUT2D eigenvalue weighted by Gasteiger charge is 2.46. The average Bonchev–Trinajstić information content (AvgIpc) is 3.36. The Morgan fingerprint density at radius 2 is 1.69 bits per heavy atom. The maximum Gasteiger partial charge on any atom is 0.317 e. The lowest BCUT2D eigenvalue weighted by molar-refractivity contribution is -0.384. The molecule has 4 rings (SSSR count). The molecule has 0 unspecified atom stereocenters. The fourth-order valence-electron chi connectivity index (χ4n) is 4.40. The molecule has 7 nitrogen and oxygen atoms in total. The molecule has 1 amide bonds. The van der Waals surface area contributed by atoms with Gasteiger partial charge in [-0.15, -0.1) is 0 Å². The van der Waals surface area contributed by atoms with Gasteiger partial charge in [-0.2, -0.15) is 0 Å². The van der Waals surface area contributed by atoms with Crippen LogP contribution in [0.25, 0.3) is 0 Å². The number of halogens is 2. The summed E-state index contributed by atoms with van der Waals surface area (Å²) in [5.74, 6) is -1.55. The van der Waals surface area contributed by atoms with E-state index in [1.165, 1.54) is 30.3 Å². The zero-order valence-corrected chi connectivity index (χ0v) is 20.2. The lowest BCUT2D eigenvalue weighted by Crippen LogP contribution is -2.38. The van der Waals surface area contributed by atoms with Crippen molar-refractivity contribution in [3.63, 3.8) is 0 Å². The SMILES string of the molecule is O=C(Nc1ccc([N+](=O)[O-])cc1Br)[C@@H](OC(=O)C1(c2ccc(F)cc2)CCCC1)c1ccccc1. The number of anilines is 1. The van der Waals surface area contributed by atoms with E-state index in [1.807, 2.05) is 0 Å². The lowest BCUT2D eigenvalue weighted by Gasteiger charge is -2.29. The molecule has 0 heterocycles. The second-order valence-electron chi connectivity index (χ2n) is 8.40. The number of hydrogen-bond acceptors (Lipinski definition) is 5. The average molecular weight is 541 g/mol. The van der Waals surface area contributed by atoms with Gasteiger partial charge in [-0.25, -0.2) is 4.39 Å². The molecule has 3 aromatic carbocycles.